The van der Waals surface area contributed by atoms with Crippen LogP contribution in [0.4, 0.5) is 5.82 Å². The Morgan fingerprint density at radius 2 is 1.95 bits per heavy atom. The molecule has 5 heteroatoms. The molecule has 1 aromatic heterocycles. The fourth-order valence-electron chi connectivity index (χ4n) is 2.68. The van der Waals surface area contributed by atoms with Crippen LogP contribution in [0.1, 0.15) is 63.4 Å². The summed E-state index contributed by atoms with van der Waals surface area (Å²) in [5.74, 6) is 7.29. The van der Waals surface area contributed by atoms with Crippen LogP contribution in [0.5, 0.6) is 0 Å². The normalized spacial score (nSPS) is 18.6. The molecule has 0 aromatic carbocycles. The highest BCUT2D eigenvalue weighted by Gasteiger charge is 2.37. The van der Waals surface area contributed by atoms with Crippen molar-refractivity contribution in [2.24, 2.45) is 5.84 Å². The summed E-state index contributed by atoms with van der Waals surface area (Å²) >= 11 is 0. The average molecular weight is 264 g/mol. The van der Waals surface area contributed by atoms with Gasteiger partial charge in [0.15, 0.2) is 5.82 Å². The predicted octanol–water partition coefficient (Wildman–Crippen LogP) is 2.69. The second-order valence-corrected chi connectivity index (χ2v) is 5.56. The monoisotopic (exact) mass is 264 g/mol. The van der Waals surface area contributed by atoms with Crippen molar-refractivity contribution >= 4 is 5.82 Å². The summed E-state index contributed by atoms with van der Waals surface area (Å²) in [6.07, 6.45) is 5.55. The molecule has 1 saturated carbocycles. The number of rotatable bonds is 4. The molecule has 0 aliphatic heterocycles. The lowest BCUT2D eigenvalue weighted by Gasteiger charge is -2.34. The summed E-state index contributed by atoms with van der Waals surface area (Å²) in [6, 6.07) is 1.90. The summed E-state index contributed by atoms with van der Waals surface area (Å²) in [6.45, 7) is 4.24. The Kier molecular flexibility index (Phi) is 4.37. The second kappa shape index (κ2) is 5.84. The molecule has 19 heavy (non-hydrogen) atoms. The minimum atomic E-state index is -0.339. The van der Waals surface area contributed by atoms with Gasteiger partial charge in [0.1, 0.15) is 11.4 Å². The van der Waals surface area contributed by atoms with Crippen LogP contribution in [0.15, 0.2) is 6.07 Å². The molecule has 1 fully saturated rings. The zero-order chi connectivity index (χ0) is 13.9. The average Bonchev–Trinajstić information content (AvgIpc) is 2.47. The van der Waals surface area contributed by atoms with E-state index in [1.807, 2.05) is 6.07 Å². The Morgan fingerprint density at radius 1 is 1.26 bits per heavy atom. The van der Waals surface area contributed by atoms with Crippen LogP contribution in [0, 0.1) is 0 Å². The smallest absolute Gasteiger partial charge is 0.162 e. The highest BCUT2D eigenvalue weighted by molar-refractivity contribution is 5.36. The lowest BCUT2D eigenvalue weighted by molar-refractivity contribution is -0.0515. The van der Waals surface area contributed by atoms with Gasteiger partial charge in [-0.25, -0.2) is 15.8 Å². The Morgan fingerprint density at radius 3 is 2.47 bits per heavy atom. The predicted molar refractivity (Wildman–Crippen MR) is 75.7 cm³/mol. The standard InChI is InChI=1S/C14H24N4O/c1-10(2)11-9-12(18-15)17-13(16-11)14(19-3)7-5-4-6-8-14/h9-10H,4-8,15H2,1-3H3,(H,16,17,18). The van der Waals surface area contributed by atoms with E-state index in [-0.39, 0.29) is 5.60 Å². The second-order valence-electron chi connectivity index (χ2n) is 5.56. The largest absolute Gasteiger partial charge is 0.370 e. The molecule has 0 unspecified atom stereocenters. The summed E-state index contributed by atoms with van der Waals surface area (Å²) in [5, 5.41) is 0. The van der Waals surface area contributed by atoms with Gasteiger partial charge in [-0.1, -0.05) is 33.1 Å². The molecule has 1 aliphatic carbocycles. The van der Waals surface area contributed by atoms with Gasteiger partial charge in [0, 0.05) is 18.9 Å². The fourth-order valence-corrected chi connectivity index (χ4v) is 2.68. The molecule has 2 rings (SSSR count). The van der Waals surface area contributed by atoms with Crippen molar-refractivity contribution in [2.45, 2.75) is 57.5 Å². The van der Waals surface area contributed by atoms with Crippen LogP contribution in [0.2, 0.25) is 0 Å². The Hall–Kier alpha value is -1.20. The third-order valence-corrected chi connectivity index (χ3v) is 3.94. The zero-order valence-electron chi connectivity index (χ0n) is 12.1. The molecule has 0 amide bonds. The minimum Gasteiger partial charge on any atom is -0.370 e. The molecule has 0 saturated heterocycles. The van der Waals surface area contributed by atoms with Crippen molar-refractivity contribution in [2.75, 3.05) is 12.5 Å². The highest BCUT2D eigenvalue weighted by Crippen LogP contribution is 2.39. The van der Waals surface area contributed by atoms with Crippen molar-refractivity contribution in [3.8, 4) is 0 Å². The van der Waals surface area contributed by atoms with E-state index in [1.54, 1.807) is 7.11 Å². The van der Waals surface area contributed by atoms with Gasteiger partial charge in [-0.05, 0) is 18.8 Å². The number of aromatic nitrogens is 2. The number of nitrogens with two attached hydrogens (primary N) is 1. The third-order valence-electron chi connectivity index (χ3n) is 3.94. The SMILES string of the molecule is COC1(c2nc(NN)cc(C(C)C)n2)CCCCC1. The number of nitrogen functional groups attached to an aromatic ring is 1. The van der Waals surface area contributed by atoms with E-state index in [9.17, 15) is 0 Å². The molecule has 1 aromatic rings. The number of nitrogens with zero attached hydrogens (tertiary/aromatic N) is 2. The molecule has 0 radical (unpaired) electrons. The summed E-state index contributed by atoms with van der Waals surface area (Å²) in [4.78, 5) is 9.24. The number of hydrogen-bond donors (Lipinski definition) is 2. The summed E-state index contributed by atoms with van der Waals surface area (Å²) < 4.78 is 5.81. The Labute approximate surface area is 114 Å². The molecule has 1 aliphatic rings. The first-order chi connectivity index (χ1) is 9.11. The number of hydrazine groups is 1. The van der Waals surface area contributed by atoms with Gasteiger partial charge in [-0.3, -0.25) is 0 Å². The van der Waals surface area contributed by atoms with E-state index < -0.39 is 0 Å². The minimum absolute atomic E-state index is 0.339. The third kappa shape index (κ3) is 2.87. The number of methoxy groups -OCH3 is 1. The van der Waals surface area contributed by atoms with Gasteiger partial charge >= 0.3 is 0 Å². The van der Waals surface area contributed by atoms with Crippen molar-refractivity contribution in [3.05, 3.63) is 17.6 Å². The summed E-state index contributed by atoms with van der Waals surface area (Å²) in [7, 11) is 1.76. The molecule has 0 bridgehead atoms. The highest BCUT2D eigenvalue weighted by atomic mass is 16.5. The van der Waals surface area contributed by atoms with Crippen LogP contribution >= 0.6 is 0 Å². The van der Waals surface area contributed by atoms with Crippen molar-refractivity contribution < 1.29 is 4.74 Å². The Bertz CT molecular complexity index is 427. The molecule has 0 spiro atoms. The van der Waals surface area contributed by atoms with E-state index >= 15 is 0 Å². The number of ether oxygens (including phenoxy) is 1. The van der Waals surface area contributed by atoms with E-state index in [0.29, 0.717) is 11.7 Å². The van der Waals surface area contributed by atoms with Crippen LogP contribution in [-0.4, -0.2) is 17.1 Å². The van der Waals surface area contributed by atoms with E-state index in [4.69, 9.17) is 15.6 Å². The molecule has 0 atom stereocenters. The van der Waals surface area contributed by atoms with E-state index in [0.717, 1.165) is 37.2 Å². The van der Waals surface area contributed by atoms with Gasteiger partial charge in [0.05, 0.1) is 0 Å². The van der Waals surface area contributed by atoms with E-state index in [1.165, 1.54) is 6.42 Å². The maximum atomic E-state index is 5.81. The lowest BCUT2D eigenvalue weighted by Crippen LogP contribution is -2.34. The first-order valence-electron chi connectivity index (χ1n) is 7.02. The molecule has 5 nitrogen and oxygen atoms in total. The number of anilines is 1. The molecule has 1 heterocycles. The lowest BCUT2D eigenvalue weighted by atomic mass is 9.83. The van der Waals surface area contributed by atoms with Crippen molar-refractivity contribution in [3.63, 3.8) is 0 Å². The van der Waals surface area contributed by atoms with Crippen molar-refractivity contribution in [1.82, 2.24) is 9.97 Å². The maximum Gasteiger partial charge on any atom is 0.162 e. The molecule has 106 valence electrons. The first-order valence-corrected chi connectivity index (χ1v) is 7.02. The topological polar surface area (TPSA) is 73.1 Å². The van der Waals surface area contributed by atoms with Crippen LogP contribution in [0.3, 0.4) is 0 Å². The van der Waals surface area contributed by atoms with E-state index in [2.05, 4.69) is 24.3 Å². The number of nitrogens with one attached hydrogen (secondary N) is 1. The molecule has 3 N–H and O–H groups in total. The quantitative estimate of drug-likeness (QED) is 0.646. The fraction of sp³-hybridized carbons (Fsp3) is 0.714. The first kappa shape index (κ1) is 14.2. The Balaban J connectivity index is 2.43. The van der Waals surface area contributed by atoms with Gasteiger partial charge in [0.2, 0.25) is 0 Å². The zero-order valence-corrected chi connectivity index (χ0v) is 12.1. The van der Waals surface area contributed by atoms with Crippen LogP contribution in [0.25, 0.3) is 0 Å². The molecular weight excluding hydrogens is 240 g/mol. The van der Waals surface area contributed by atoms with Crippen molar-refractivity contribution in [1.29, 1.82) is 0 Å². The number of hydrogen-bond acceptors (Lipinski definition) is 5. The van der Waals surface area contributed by atoms with Gasteiger partial charge < -0.3 is 10.2 Å². The van der Waals surface area contributed by atoms with Gasteiger partial charge in [-0.2, -0.15) is 0 Å². The van der Waals surface area contributed by atoms with Crippen LogP contribution < -0.4 is 11.3 Å². The maximum absolute atomic E-state index is 5.81. The molecular formula is C14H24N4O. The van der Waals surface area contributed by atoms with Gasteiger partial charge in [-0.15, -0.1) is 0 Å². The van der Waals surface area contributed by atoms with Gasteiger partial charge in [0.25, 0.3) is 0 Å². The van der Waals surface area contributed by atoms with Crippen LogP contribution in [-0.2, 0) is 10.3 Å². The summed E-state index contributed by atoms with van der Waals surface area (Å²) in [5.41, 5.74) is 3.30.